The number of anilines is 1. The van der Waals surface area contributed by atoms with Crippen LogP contribution in [0.2, 0.25) is 0 Å². The van der Waals surface area contributed by atoms with E-state index in [1.54, 1.807) is 17.3 Å². The van der Waals surface area contributed by atoms with Crippen molar-refractivity contribution in [3.8, 4) is 0 Å². The maximum atomic E-state index is 12.7. The summed E-state index contributed by atoms with van der Waals surface area (Å²) >= 11 is 0. The molecule has 2 fully saturated rings. The Kier molecular flexibility index (Phi) is 4.72. The van der Waals surface area contributed by atoms with Crippen LogP contribution in [0.3, 0.4) is 0 Å². The first-order valence-electron chi connectivity index (χ1n) is 9.72. The Labute approximate surface area is 158 Å². The fourth-order valence-corrected chi connectivity index (χ4v) is 3.65. The van der Waals surface area contributed by atoms with Crippen LogP contribution in [-0.4, -0.2) is 68.8 Å². The van der Waals surface area contributed by atoms with Crippen molar-refractivity contribution in [1.29, 1.82) is 0 Å². The summed E-state index contributed by atoms with van der Waals surface area (Å²) in [6, 6.07) is 0.609. The lowest BCUT2D eigenvalue weighted by Gasteiger charge is -2.32. The van der Waals surface area contributed by atoms with Crippen molar-refractivity contribution in [2.75, 3.05) is 25.5 Å². The van der Waals surface area contributed by atoms with Crippen LogP contribution >= 0.6 is 0 Å². The molecule has 0 unspecified atom stereocenters. The SMILES string of the molecule is CCC(=O)N1CCC(Nc2cnc3[nH]cc(C(=O)N(C)C4CC4)c3n2)CC1. The highest BCUT2D eigenvalue weighted by molar-refractivity contribution is 6.04. The minimum Gasteiger partial charge on any atom is -0.366 e. The minimum atomic E-state index is -0.0124. The van der Waals surface area contributed by atoms with E-state index in [1.165, 1.54) is 0 Å². The lowest BCUT2D eigenvalue weighted by atomic mass is 10.0. The van der Waals surface area contributed by atoms with Gasteiger partial charge in [0.25, 0.3) is 5.91 Å². The summed E-state index contributed by atoms with van der Waals surface area (Å²) in [7, 11) is 1.85. The molecule has 0 atom stereocenters. The van der Waals surface area contributed by atoms with Crippen LogP contribution in [0.1, 0.15) is 49.4 Å². The molecule has 2 aliphatic rings. The molecule has 0 bridgehead atoms. The quantitative estimate of drug-likeness (QED) is 0.840. The van der Waals surface area contributed by atoms with E-state index in [0.717, 1.165) is 38.8 Å². The summed E-state index contributed by atoms with van der Waals surface area (Å²) in [4.78, 5) is 40.3. The highest BCUT2D eigenvalue weighted by Crippen LogP contribution is 2.28. The topological polar surface area (TPSA) is 94.2 Å². The first kappa shape index (κ1) is 17.8. The predicted molar refractivity (Wildman–Crippen MR) is 103 cm³/mol. The van der Waals surface area contributed by atoms with E-state index in [-0.39, 0.29) is 17.9 Å². The van der Waals surface area contributed by atoms with E-state index in [2.05, 4.69) is 20.3 Å². The molecule has 1 saturated heterocycles. The van der Waals surface area contributed by atoms with Crippen LogP contribution in [0.15, 0.2) is 12.4 Å². The molecule has 2 aromatic heterocycles. The second kappa shape index (κ2) is 7.17. The lowest BCUT2D eigenvalue weighted by Crippen LogP contribution is -2.42. The largest absolute Gasteiger partial charge is 0.366 e. The molecule has 1 saturated carbocycles. The van der Waals surface area contributed by atoms with Gasteiger partial charge in [0.1, 0.15) is 11.3 Å². The average Bonchev–Trinajstić information content (AvgIpc) is 3.46. The number of aromatic amines is 1. The number of rotatable bonds is 5. The number of nitrogens with one attached hydrogen (secondary N) is 2. The van der Waals surface area contributed by atoms with E-state index in [0.29, 0.717) is 35.0 Å². The van der Waals surface area contributed by atoms with E-state index in [9.17, 15) is 9.59 Å². The number of carbonyl (C=O) groups is 2. The number of fused-ring (bicyclic) bond motifs is 1. The van der Waals surface area contributed by atoms with Gasteiger partial charge in [-0.15, -0.1) is 0 Å². The van der Waals surface area contributed by atoms with E-state index >= 15 is 0 Å². The molecule has 8 heteroatoms. The van der Waals surface area contributed by atoms with Gasteiger partial charge in [-0.3, -0.25) is 9.59 Å². The maximum absolute atomic E-state index is 12.7. The Balaban J connectivity index is 1.46. The monoisotopic (exact) mass is 370 g/mol. The van der Waals surface area contributed by atoms with Crippen molar-refractivity contribution in [2.45, 2.75) is 51.1 Å². The Hall–Kier alpha value is -2.64. The van der Waals surface area contributed by atoms with E-state index < -0.39 is 0 Å². The third-order valence-corrected chi connectivity index (χ3v) is 5.53. The Morgan fingerprint density at radius 1 is 1.30 bits per heavy atom. The van der Waals surface area contributed by atoms with Gasteiger partial charge in [0, 0.05) is 44.8 Å². The van der Waals surface area contributed by atoms with Gasteiger partial charge in [0.05, 0.1) is 11.8 Å². The van der Waals surface area contributed by atoms with Crippen molar-refractivity contribution in [1.82, 2.24) is 24.8 Å². The number of carbonyl (C=O) groups excluding carboxylic acids is 2. The standard InChI is InChI=1S/C19H26N6O2/c1-3-16(26)25-8-6-12(7-9-25)22-15-11-21-18-17(23-15)14(10-20-18)19(27)24(2)13-4-5-13/h10-13H,3-9H2,1-2H3,(H,20,21)(H,22,23). The first-order chi connectivity index (χ1) is 13.1. The molecular formula is C19H26N6O2. The summed E-state index contributed by atoms with van der Waals surface area (Å²) in [5.74, 6) is 0.872. The zero-order chi connectivity index (χ0) is 19.0. The Morgan fingerprint density at radius 3 is 2.70 bits per heavy atom. The second-order valence-electron chi connectivity index (χ2n) is 7.45. The van der Waals surface area contributed by atoms with Crippen LogP contribution in [0.4, 0.5) is 5.82 Å². The van der Waals surface area contributed by atoms with Gasteiger partial charge in [-0.1, -0.05) is 6.92 Å². The molecular weight excluding hydrogens is 344 g/mol. The number of aromatic nitrogens is 3. The van der Waals surface area contributed by atoms with Crippen LogP contribution in [0.25, 0.3) is 11.2 Å². The summed E-state index contributed by atoms with van der Waals surface area (Å²) in [6.07, 6.45) is 7.86. The minimum absolute atomic E-state index is 0.0124. The van der Waals surface area contributed by atoms with Crippen LogP contribution < -0.4 is 5.32 Å². The van der Waals surface area contributed by atoms with Crippen LogP contribution in [0, 0.1) is 0 Å². The Bertz CT molecular complexity index is 851. The fourth-order valence-electron chi connectivity index (χ4n) is 3.65. The third kappa shape index (κ3) is 3.61. The van der Waals surface area contributed by atoms with Crippen molar-refractivity contribution >= 4 is 28.8 Å². The Morgan fingerprint density at radius 2 is 2.04 bits per heavy atom. The second-order valence-corrected chi connectivity index (χ2v) is 7.45. The highest BCUT2D eigenvalue weighted by atomic mass is 16.2. The molecule has 0 radical (unpaired) electrons. The molecule has 4 rings (SSSR count). The van der Waals surface area contributed by atoms with Crippen LogP contribution in [-0.2, 0) is 4.79 Å². The predicted octanol–water partition coefficient (Wildman–Crippen LogP) is 2.01. The molecule has 2 amide bonds. The van der Waals surface area contributed by atoms with Gasteiger partial charge in [-0.25, -0.2) is 9.97 Å². The molecule has 8 nitrogen and oxygen atoms in total. The van der Waals surface area contributed by atoms with Crippen molar-refractivity contribution in [3.05, 3.63) is 18.0 Å². The molecule has 1 aliphatic heterocycles. The normalized spacial score (nSPS) is 17.9. The summed E-state index contributed by atoms with van der Waals surface area (Å²) < 4.78 is 0. The van der Waals surface area contributed by atoms with Gasteiger partial charge in [0.15, 0.2) is 5.65 Å². The molecule has 2 aromatic rings. The number of amides is 2. The van der Waals surface area contributed by atoms with E-state index in [1.807, 2.05) is 18.9 Å². The van der Waals surface area contributed by atoms with Gasteiger partial charge >= 0.3 is 0 Å². The first-order valence-corrected chi connectivity index (χ1v) is 9.72. The third-order valence-electron chi connectivity index (χ3n) is 5.53. The van der Waals surface area contributed by atoms with Gasteiger partial charge in [-0.05, 0) is 25.7 Å². The molecule has 0 aromatic carbocycles. The van der Waals surface area contributed by atoms with Gasteiger partial charge in [0.2, 0.25) is 5.91 Å². The number of hydrogen-bond acceptors (Lipinski definition) is 5. The summed E-state index contributed by atoms with van der Waals surface area (Å²) in [5.41, 5.74) is 1.80. The molecule has 144 valence electrons. The van der Waals surface area contributed by atoms with Gasteiger partial charge in [-0.2, -0.15) is 0 Å². The highest BCUT2D eigenvalue weighted by Gasteiger charge is 2.31. The molecule has 2 N–H and O–H groups in total. The van der Waals surface area contributed by atoms with Crippen molar-refractivity contribution in [3.63, 3.8) is 0 Å². The average molecular weight is 370 g/mol. The summed E-state index contributed by atoms with van der Waals surface area (Å²) in [6.45, 7) is 3.42. The smallest absolute Gasteiger partial charge is 0.257 e. The van der Waals surface area contributed by atoms with Crippen LogP contribution in [0.5, 0.6) is 0 Å². The molecule has 0 spiro atoms. The van der Waals surface area contributed by atoms with E-state index in [4.69, 9.17) is 0 Å². The number of piperidine rings is 1. The summed E-state index contributed by atoms with van der Waals surface area (Å²) in [5, 5.41) is 3.42. The lowest BCUT2D eigenvalue weighted by molar-refractivity contribution is -0.131. The van der Waals surface area contributed by atoms with Crippen molar-refractivity contribution in [2.24, 2.45) is 0 Å². The number of likely N-dealkylation sites (tertiary alicyclic amines) is 1. The zero-order valence-corrected chi connectivity index (χ0v) is 15.9. The van der Waals surface area contributed by atoms with Crippen molar-refractivity contribution < 1.29 is 9.59 Å². The maximum Gasteiger partial charge on any atom is 0.257 e. The fraction of sp³-hybridized carbons (Fsp3) is 0.579. The molecule has 3 heterocycles. The molecule has 1 aliphatic carbocycles. The number of H-pyrrole nitrogens is 1. The van der Waals surface area contributed by atoms with Gasteiger partial charge < -0.3 is 20.1 Å². The molecule has 27 heavy (non-hydrogen) atoms. The number of nitrogens with zero attached hydrogens (tertiary/aromatic N) is 4. The zero-order valence-electron chi connectivity index (χ0n) is 15.9. The number of hydrogen-bond donors (Lipinski definition) is 2.